The van der Waals surface area contributed by atoms with E-state index in [1.807, 2.05) is 44.2 Å². The van der Waals surface area contributed by atoms with Crippen LogP contribution in [0.5, 0.6) is 0 Å². The monoisotopic (exact) mass is 357 g/mol. The van der Waals surface area contributed by atoms with Gasteiger partial charge in [0.05, 0.1) is 0 Å². The highest BCUT2D eigenvalue weighted by Crippen LogP contribution is 2.42. The average molecular weight is 358 g/mol. The van der Waals surface area contributed by atoms with Crippen molar-refractivity contribution in [3.05, 3.63) is 70.4 Å². The van der Waals surface area contributed by atoms with Crippen LogP contribution < -0.4 is 0 Å². The molecule has 0 N–H and O–H groups in total. The van der Waals surface area contributed by atoms with Crippen LogP contribution in [0.1, 0.15) is 19.4 Å². The Balaban J connectivity index is 1.80. The Kier molecular flexibility index (Phi) is 5.09. The molecule has 25 heavy (non-hydrogen) atoms. The first-order valence-electron chi connectivity index (χ1n) is 8.34. The van der Waals surface area contributed by atoms with Gasteiger partial charge >= 0.3 is 5.97 Å². The number of fused-ring (bicyclic) bond motifs is 1. The van der Waals surface area contributed by atoms with Crippen molar-refractivity contribution in [3.8, 4) is 0 Å². The quantitative estimate of drug-likeness (QED) is 0.770. The molecule has 2 atom stereocenters. The smallest absolute Gasteiger partial charge is 0.334 e. The van der Waals surface area contributed by atoms with Gasteiger partial charge in [-0.3, -0.25) is 4.79 Å². The van der Waals surface area contributed by atoms with Gasteiger partial charge < -0.3 is 9.64 Å². The lowest BCUT2D eigenvalue weighted by molar-refractivity contribution is -0.141. The Morgan fingerprint density at radius 2 is 1.96 bits per heavy atom. The Morgan fingerprint density at radius 3 is 2.64 bits per heavy atom. The SMILES string of the molecule is CCN1C(=O)C=C(Cl)C2C1=CC=C(C(=O)OCc1ccccc1)C2C. The summed E-state index contributed by atoms with van der Waals surface area (Å²) in [4.78, 5) is 26.3. The number of benzene rings is 1. The number of amides is 1. The van der Waals surface area contributed by atoms with Crippen molar-refractivity contribution < 1.29 is 14.3 Å². The number of nitrogens with zero attached hydrogens (tertiary/aromatic N) is 1. The molecule has 0 spiro atoms. The van der Waals surface area contributed by atoms with Gasteiger partial charge in [-0.1, -0.05) is 48.9 Å². The van der Waals surface area contributed by atoms with Crippen LogP contribution in [0.3, 0.4) is 0 Å². The molecule has 0 saturated heterocycles. The van der Waals surface area contributed by atoms with Gasteiger partial charge in [0.1, 0.15) is 6.61 Å². The van der Waals surface area contributed by atoms with E-state index in [4.69, 9.17) is 16.3 Å². The van der Waals surface area contributed by atoms with Gasteiger partial charge in [-0.15, -0.1) is 0 Å². The van der Waals surface area contributed by atoms with Crippen molar-refractivity contribution in [1.29, 1.82) is 0 Å². The van der Waals surface area contributed by atoms with E-state index in [0.717, 1.165) is 11.3 Å². The molecular weight excluding hydrogens is 338 g/mol. The molecular formula is C20H20ClNO3. The highest BCUT2D eigenvalue weighted by Gasteiger charge is 2.39. The summed E-state index contributed by atoms with van der Waals surface area (Å²) in [5, 5.41) is 0.468. The van der Waals surface area contributed by atoms with Gasteiger partial charge in [0.15, 0.2) is 0 Å². The summed E-state index contributed by atoms with van der Waals surface area (Å²) in [6.07, 6.45) is 5.00. The third-order valence-electron chi connectivity index (χ3n) is 4.64. The van der Waals surface area contributed by atoms with Gasteiger partial charge in [0.25, 0.3) is 5.91 Å². The summed E-state index contributed by atoms with van der Waals surface area (Å²) in [5.41, 5.74) is 2.35. The van der Waals surface area contributed by atoms with Crippen LogP contribution >= 0.6 is 11.6 Å². The zero-order valence-electron chi connectivity index (χ0n) is 14.2. The summed E-state index contributed by atoms with van der Waals surface area (Å²) in [6, 6.07) is 9.56. The van der Waals surface area contributed by atoms with E-state index < -0.39 is 0 Å². The lowest BCUT2D eigenvalue weighted by Crippen LogP contribution is -2.40. The van der Waals surface area contributed by atoms with Crippen molar-refractivity contribution >= 4 is 23.5 Å². The Hall–Kier alpha value is -2.33. The number of esters is 1. The zero-order valence-corrected chi connectivity index (χ0v) is 15.0. The van der Waals surface area contributed by atoms with Crippen LogP contribution in [0.15, 0.2) is 64.9 Å². The Bertz CT molecular complexity index is 779. The molecule has 1 aliphatic heterocycles. The molecule has 1 amide bonds. The summed E-state index contributed by atoms with van der Waals surface area (Å²) in [7, 11) is 0. The summed E-state index contributed by atoms with van der Waals surface area (Å²) in [6.45, 7) is 4.65. The van der Waals surface area contributed by atoms with Crippen molar-refractivity contribution in [1.82, 2.24) is 4.90 Å². The molecule has 1 heterocycles. The second-order valence-electron chi connectivity index (χ2n) is 6.15. The van der Waals surface area contributed by atoms with E-state index in [2.05, 4.69) is 0 Å². The largest absolute Gasteiger partial charge is 0.457 e. The second kappa shape index (κ2) is 7.28. The fourth-order valence-electron chi connectivity index (χ4n) is 3.32. The van der Waals surface area contributed by atoms with Crippen LogP contribution in [-0.2, 0) is 20.9 Å². The minimum Gasteiger partial charge on any atom is -0.457 e. The third kappa shape index (κ3) is 3.40. The van der Waals surface area contributed by atoms with Crippen molar-refractivity contribution in [3.63, 3.8) is 0 Å². The number of rotatable bonds is 4. The minimum absolute atomic E-state index is 0.120. The van der Waals surface area contributed by atoms with Gasteiger partial charge in [-0.05, 0) is 24.6 Å². The van der Waals surface area contributed by atoms with Gasteiger partial charge in [-0.2, -0.15) is 0 Å². The molecule has 1 aromatic rings. The molecule has 2 unspecified atom stereocenters. The third-order valence-corrected chi connectivity index (χ3v) is 4.99. The number of allylic oxidation sites excluding steroid dienone is 3. The topological polar surface area (TPSA) is 46.6 Å². The Morgan fingerprint density at radius 1 is 1.24 bits per heavy atom. The fourth-order valence-corrected chi connectivity index (χ4v) is 3.71. The van der Waals surface area contributed by atoms with Crippen LogP contribution in [0.2, 0.25) is 0 Å². The standard InChI is InChI=1S/C20H20ClNO3/c1-3-22-17-10-9-15(13(2)19(17)16(21)11-18(22)23)20(24)25-12-14-7-5-4-6-8-14/h4-11,13,19H,3,12H2,1-2H3. The molecule has 5 heteroatoms. The number of hydrogen-bond acceptors (Lipinski definition) is 3. The van der Waals surface area contributed by atoms with Gasteiger partial charge in [-0.25, -0.2) is 4.79 Å². The molecule has 0 fully saturated rings. The first-order valence-corrected chi connectivity index (χ1v) is 8.72. The van der Waals surface area contributed by atoms with Crippen molar-refractivity contribution in [2.75, 3.05) is 6.54 Å². The molecule has 1 aromatic carbocycles. The second-order valence-corrected chi connectivity index (χ2v) is 6.59. The first kappa shape index (κ1) is 17.5. The van der Waals surface area contributed by atoms with Crippen molar-refractivity contribution in [2.45, 2.75) is 20.5 Å². The number of halogens is 1. The first-order chi connectivity index (χ1) is 12.0. The number of carbonyl (C=O) groups is 2. The number of carbonyl (C=O) groups excluding carboxylic acids is 2. The molecule has 4 nitrogen and oxygen atoms in total. The van der Waals surface area contributed by atoms with E-state index >= 15 is 0 Å². The van der Waals surface area contributed by atoms with E-state index in [-0.39, 0.29) is 30.3 Å². The van der Waals surface area contributed by atoms with Gasteiger partial charge in [0, 0.05) is 40.8 Å². The summed E-state index contributed by atoms with van der Waals surface area (Å²) >= 11 is 6.34. The predicted octanol–water partition coefficient (Wildman–Crippen LogP) is 3.79. The van der Waals surface area contributed by atoms with Crippen molar-refractivity contribution in [2.24, 2.45) is 11.8 Å². The molecule has 1 aliphatic carbocycles. The normalized spacial score (nSPS) is 22.6. The Labute approximate surface area is 152 Å². The number of ether oxygens (including phenoxy) is 1. The zero-order chi connectivity index (χ0) is 18.0. The maximum Gasteiger partial charge on any atom is 0.334 e. The maximum absolute atomic E-state index is 12.5. The fraction of sp³-hybridized carbons (Fsp3) is 0.300. The van der Waals surface area contributed by atoms with Crippen LogP contribution in [-0.4, -0.2) is 23.3 Å². The molecule has 130 valence electrons. The highest BCUT2D eigenvalue weighted by molar-refractivity contribution is 6.32. The van der Waals surface area contributed by atoms with E-state index in [1.165, 1.54) is 6.08 Å². The molecule has 3 rings (SSSR count). The predicted molar refractivity (Wildman–Crippen MR) is 96.4 cm³/mol. The molecule has 0 bridgehead atoms. The number of likely N-dealkylation sites (N-methyl/N-ethyl adjacent to an activating group) is 1. The highest BCUT2D eigenvalue weighted by atomic mass is 35.5. The van der Waals surface area contributed by atoms with E-state index in [1.54, 1.807) is 17.1 Å². The van der Waals surface area contributed by atoms with Crippen LogP contribution in [0, 0.1) is 11.8 Å². The average Bonchev–Trinajstić information content (AvgIpc) is 2.60. The molecule has 2 aliphatic rings. The van der Waals surface area contributed by atoms with Crippen LogP contribution in [0.4, 0.5) is 0 Å². The molecule has 0 radical (unpaired) electrons. The van der Waals surface area contributed by atoms with Crippen LogP contribution in [0.25, 0.3) is 0 Å². The number of hydrogen-bond donors (Lipinski definition) is 0. The van der Waals surface area contributed by atoms with E-state index in [9.17, 15) is 9.59 Å². The molecule has 0 saturated carbocycles. The summed E-state index contributed by atoms with van der Waals surface area (Å²) < 4.78 is 5.45. The van der Waals surface area contributed by atoms with E-state index in [0.29, 0.717) is 17.2 Å². The molecule has 0 aromatic heterocycles. The summed E-state index contributed by atoms with van der Waals surface area (Å²) in [5.74, 6) is -0.820. The lowest BCUT2D eigenvalue weighted by atomic mass is 9.79. The van der Waals surface area contributed by atoms with Gasteiger partial charge in [0.2, 0.25) is 0 Å². The maximum atomic E-state index is 12.5. The lowest BCUT2D eigenvalue weighted by Gasteiger charge is -2.38. The minimum atomic E-state index is -0.351.